The predicted octanol–water partition coefficient (Wildman–Crippen LogP) is 3.07. The number of nitrogens with one attached hydrogen (secondary N) is 2. The van der Waals surface area contributed by atoms with Gasteiger partial charge in [0.2, 0.25) is 6.79 Å². The van der Waals surface area contributed by atoms with Gasteiger partial charge >= 0.3 is 0 Å². The van der Waals surface area contributed by atoms with E-state index < -0.39 is 0 Å². The molecule has 3 rings (SSSR count). The molecular weight excluding hydrogens is 240 g/mol. The number of rotatable bonds is 4. The molecule has 1 heterocycles. The van der Waals surface area contributed by atoms with Crippen LogP contribution in [0.2, 0.25) is 0 Å². The number of hydrogen-bond acceptors (Lipinski definition) is 4. The second-order valence-corrected chi connectivity index (χ2v) is 4.37. The highest BCUT2D eigenvalue weighted by Gasteiger charge is 2.12. The fraction of sp³-hybridized carbons (Fsp3) is 0.200. The molecule has 0 aliphatic carbocycles. The van der Waals surface area contributed by atoms with Crippen LogP contribution in [0.25, 0.3) is 0 Å². The lowest BCUT2D eigenvalue weighted by Gasteiger charge is -2.08. The molecule has 4 nitrogen and oxygen atoms in total. The van der Waals surface area contributed by atoms with E-state index in [1.165, 1.54) is 5.56 Å². The summed E-state index contributed by atoms with van der Waals surface area (Å²) in [4.78, 5) is 0. The monoisotopic (exact) mass is 256 g/mol. The molecule has 98 valence electrons. The van der Waals surface area contributed by atoms with Gasteiger partial charge in [0.05, 0.1) is 0 Å². The molecule has 0 atom stereocenters. The highest BCUT2D eigenvalue weighted by atomic mass is 16.7. The zero-order valence-corrected chi connectivity index (χ0v) is 10.8. The van der Waals surface area contributed by atoms with E-state index in [0.717, 1.165) is 29.4 Å². The zero-order chi connectivity index (χ0) is 13.1. The Morgan fingerprint density at radius 3 is 2.47 bits per heavy atom. The second-order valence-electron chi connectivity index (χ2n) is 4.37. The van der Waals surface area contributed by atoms with Crippen LogP contribution in [0.5, 0.6) is 11.5 Å². The lowest BCUT2D eigenvalue weighted by Crippen LogP contribution is -1.99. The number of benzene rings is 2. The van der Waals surface area contributed by atoms with Crippen molar-refractivity contribution in [1.82, 2.24) is 0 Å². The third-order valence-electron chi connectivity index (χ3n) is 3.11. The molecule has 0 amide bonds. The summed E-state index contributed by atoms with van der Waals surface area (Å²) in [5, 5.41) is 6.48. The summed E-state index contributed by atoms with van der Waals surface area (Å²) in [7, 11) is 1.92. The van der Waals surface area contributed by atoms with Crippen molar-refractivity contribution < 1.29 is 9.47 Å². The average molecular weight is 256 g/mol. The summed E-state index contributed by atoms with van der Waals surface area (Å²) in [5.41, 5.74) is 3.38. The molecule has 0 spiro atoms. The van der Waals surface area contributed by atoms with Crippen LogP contribution in [-0.4, -0.2) is 13.8 Å². The van der Waals surface area contributed by atoms with Gasteiger partial charge in [0, 0.05) is 31.0 Å². The van der Waals surface area contributed by atoms with Crippen molar-refractivity contribution in [2.24, 2.45) is 0 Å². The Labute approximate surface area is 112 Å². The topological polar surface area (TPSA) is 42.5 Å². The van der Waals surface area contributed by atoms with Crippen LogP contribution in [0.3, 0.4) is 0 Å². The number of hydrogen-bond donors (Lipinski definition) is 2. The smallest absolute Gasteiger partial charge is 0.231 e. The maximum Gasteiger partial charge on any atom is 0.231 e. The summed E-state index contributed by atoms with van der Waals surface area (Å²) in [6.07, 6.45) is 0. The normalized spacial score (nSPS) is 12.3. The lowest BCUT2D eigenvalue weighted by atomic mass is 10.2. The molecule has 4 heteroatoms. The van der Waals surface area contributed by atoms with Crippen molar-refractivity contribution in [3.8, 4) is 11.5 Å². The van der Waals surface area contributed by atoms with Crippen LogP contribution in [0, 0.1) is 0 Å². The minimum atomic E-state index is 0.310. The van der Waals surface area contributed by atoms with Gasteiger partial charge in [0.1, 0.15) is 0 Å². The first-order valence-corrected chi connectivity index (χ1v) is 6.25. The third-order valence-corrected chi connectivity index (χ3v) is 3.11. The van der Waals surface area contributed by atoms with Gasteiger partial charge in [-0.1, -0.05) is 12.1 Å². The Morgan fingerprint density at radius 1 is 0.947 bits per heavy atom. The molecule has 0 saturated carbocycles. The molecule has 0 fully saturated rings. The molecule has 0 saturated heterocycles. The Kier molecular flexibility index (Phi) is 3.14. The Balaban J connectivity index is 1.65. The fourth-order valence-electron chi connectivity index (χ4n) is 2.00. The van der Waals surface area contributed by atoms with Crippen molar-refractivity contribution in [2.45, 2.75) is 6.54 Å². The van der Waals surface area contributed by atoms with Gasteiger partial charge in [-0.25, -0.2) is 0 Å². The van der Waals surface area contributed by atoms with Gasteiger partial charge in [-0.3, -0.25) is 0 Å². The van der Waals surface area contributed by atoms with E-state index in [9.17, 15) is 0 Å². The van der Waals surface area contributed by atoms with E-state index in [1.807, 2.05) is 25.2 Å². The molecule has 0 aromatic heterocycles. The van der Waals surface area contributed by atoms with Gasteiger partial charge in [-0.15, -0.1) is 0 Å². The third kappa shape index (κ3) is 2.57. The quantitative estimate of drug-likeness (QED) is 0.882. The van der Waals surface area contributed by atoms with Crippen molar-refractivity contribution in [3.05, 3.63) is 48.0 Å². The minimum absolute atomic E-state index is 0.310. The summed E-state index contributed by atoms with van der Waals surface area (Å²) in [6, 6.07) is 14.2. The summed E-state index contributed by atoms with van der Waals surface area (Å²) in [5.74, 6) is 1.61. The van der Waals surface area contributed by atoms with E-state index >= 15 is 0 Å². The Hall–Kier alpha value is -2.36. The highest BCUT2D eigenvalue weighted by molar-refractivity contribution is 5.56. The first-order chi connectivity index (χ1) is 9.35. The average Bonchev–Trinajstić information content (AvgIpc) is 2.93. The van der Waals surface area contributed by atoms with Crippen LogP contribution in [0.15, 0.2) is 42.5 Å². The van der Waals surface area contributed by atoms with Gasteiger partial charge in [0.25, 0.3) is 0 Å². The minimum Gasteiger partial charge on any atom is -0.454 e. The van der Waals surface area contributed by atoms with Crippen LogP contribution < -0.4 is 20.1 Å². The number of ether oxygens (including phenoxy) is 2. The SMILES string of the molecule is CNc1ccc(CNc2ccc3c(c2)OCO3)cc1. The van der Waals surface area contributed by atoms with E-state index in [-0.39, 0.29) is 0 Å². The predicted molar refractivity (Wildman–Crippen MR) is 75.9 cm³/mol. The van der Waals surface area contributed by atoms with Gasteiger partial charge in [-0.05, 0) is 29.8 Å². The Morgan fingerprint density at radius 2 is 1.68 bits per heavy atom. The molecule has 2 aromatic carbocycles. The summed E-state index contributed by atoms with van der Waals surface area (Å²) < 4.78 is 10.6. The number of fused-ring (bicyclic) bond motifs is 1. The lowest BCUT2D eigenvalue weighted by molar-refractivity contribution is 0.174. The van der Waals surface area contributed by atoms with Crippen LogP contribution in [0.1, 0.15) is 5.56 Å². The van der Waals surface area contributed by atoms with E-state index in [1.54, 1.807) is 0 Å². The van der Waals surface area contributed by atoms with E-state index in [0.29, 0.717) is 6.79 Å². The van der Waals surface area contributed by atoms with Crippen LogP contribution in [-0.2, 0) is 6.54 Å². The summed E-state index contributed by atoms with van der Waals surface area (Å²) >= 11 is 0. The fourth-order valence-corrected chi connectivity index (χ4v) is 2.00. The number of anilines is 2. The molecular formula is C15H16N2O2. The van der Waals surface area contributed by atoms with Crippen LogP contribution >= 0.6 is 0 Å². The molecule has 1 aliphatic heterocycles. The second kappa shape index (κ2) is 5.10. The molecule has 2 aromatic rings. The largest absolute Gasteiger partial charge is 0.454 e. The zero-order valence-electron chi connectivity index (χ0n) is 10.8. The van der Waals surface area contributed by atoms with Crippen molar-refractivity contribution >= 4 is 11.4 Å². The Bertz CT molecular complexity index is 567. The summed E-state index contributed by atoms with van der Waals surface area (Å²) in [6.45, 7) is 1.09. The van der Waals surface area contributed by atoms with Gasteiger partial charge in [0.15, 0.2) is 11.5 Å². The van der Waals surface area contributed by atoms with Gasteiger partial charge < -0.3 is 20.1 Å². The first-order valence-electron chi connectivity index (χ1n) is 6.25. The standard InChI is InChI=1S/C15H16N2O2/c1-16-12-4-2-11(3-5-12)9-17-13-6-7-14-15(8-13)19-10-18-14/h2-8,16-17H,9-10H2,1H3. The molecule has 19 heavy (non-hydrogen) atoms. The molecule has 0 bridgehead atoms. The van der Waals surface area contributed by atoms with Crippen molar-refractivity contribution in [3.63, 3.8) is 0 Å². The van der Waals surface area contributed by atoms with Crippen LogP contribution in [0.4, 0.5) is 11.4 Å². The highest BCUT2D eigenvalue weighted by Crippen LogP contribution is 2.34. The van der Waals surface area contributed by atoms with Gasteiger partial charge in [-0.2, -0.15) is 0 Å². The molecule has 0 unspecified atom stereocenters. The van der Waals surface area contributed by atoms with E-state index in [4.69, 9.17) is 9.47 Å². The molecule has 2 N–H and O–H groups in total. The van der Waals surface area contributed by atoms with E-state index in [2.05, 4.69) is 34.9 Å². The molecule has 0 radical (unpaired) electrons. The molecule has 1 aliphatic rings. The van der Waals surface area contributed by atoms with Crippen molar-refractivity contribution in [2.75, 3.05) is 24.5 Å². The van der Waals surface area contributed by atoms with Crippen molar-refractivity contribution in [1.29, 1.82) is 0 Å². The maximum absolute atomic E-state index is 5.35. The maximum atomic E-state index is 5.35. The first kappa shape index (κ1) is 11.7.